The summed E-state index contributed by atoms with van der Waals surface area (Å²) in [4.78, 5) is 35.6. The minimum atomic E-state index is -0.715. The zero-order chi connectivity index (χ0) is 20.1. The van der Waals surface area contributed by atoms with Gasteiger partial charge in [-0.2, -0.15) is 0 Å². The zero-order valence-corrected chi connectivity index (χ0v) is 15.2. The van der Waals surface area contributed by atoms with Gasteiger partial charge in [-0.25, -0.2) is 9.18 Å². The predicted octanol–water partition coefficient (Wildman–Crippen LogP) is 2.97. The molecule has 144 valence electrons. The van der Waals surface area contributed by atoms with Crippen LogP contribution in [0.2, 0.25) is 0 Å². The van der Waals surface area contributed by atoms with Crippen molar-refractivity contribution in [2.75, 3.05) is 6.54 Å². The van der Waals surface area contributed by atoms with Crippen molar-refractivity contribution in [3.05, 3.63) is 81.5 Å². The van der Waals surface area contributed by atoms with Crippen molar-refractivity contribution >= 4 is 22.8 Å². The Morgan fingerprint density at radius 3 is 2.68 bits per heavy atom. The van der Waals surface area contributed by atoms with Crippen LogP contribution in [0.25, 0.3) is 11.0 Å². The molecule has 0 unspecified atom stereocenters. The quantitative estimate of drug-likeness (QED) is 0.522. The first-order chi connectivity index (χ1) is 13.5. The van der Waals surface area contributed by atoms with Gasteiger partial charge in [-0.3, -0.25) is 9.59 Å². The number of ether oxygens (including phenoxy) is 1. The SMILES string of the molecule is CCc1ccc2c(COC(=O)CNC(=O)c3ccccc3F)cc(=O)oc2c1. The first-order valence-corrected chi connectivity index (χ1v) is 8.72. The standard InChI is InChI=1S/C21H18FNO5/c1-2-13-7-8-15-14(10-19(24)28-18(15)9-13)12-27-20(25)11-23-21(26)16-5-3-4-6-17(16)22/h3-10H,2,11-12H2,1H3,(H,23,26). The fraction of sp³-hybridized carbons (Fsp3) is 0.190. The second-order valence-electron chi connectivity index (χ2n) is 6.10. The van der Waals surface area contributed by atoms with Crippen LogP contribution < -0.4 is 10.9 Å². The molecule has 0 atom stereocenters. The van der Waals surface area contributed by atoms with E-state index < -0.39 is 29.9 Å². The number of halogens is 1. The third-order valence-corrected chi connectivity index (χ3v) is 4.20. The van der Waals surface area contributed by atoms with Crippen molar-refractivity contribution in [3.8, 4) is 0 Å². The fourth-order valence-corrected chi connectivity index (χ4v) is 2.72. The van der Waals surface area contributed by atoms with Crippen molar-refractivity contribution < 1.29 is 23.1 Å². The number of hydrogen-bond acceptors (Lipinski definition) is 5. The van der Waals surface area contributed by atoms with Crippen LogP contribution in [0, 0.1) is 5.82 Å². The molecule has 2 aromatic carbocycles. The predicted molar refractivity (Wildman–Crippen MR) is 100 cm³/mol. The summed E-state index contributed by atoms with van der Waals surface area (Å²) in [6.45, 7) is 1.41. The molecule has 0 aliphatic carbocycles. The maximum Gasteiger partial charge on any atom is 0.336 e. The molecular formula is C21H18FNO5. The number of nitrogens with one attached hydrogen (secondary N) is 1. The monoisotopic (exact) mass is 383 g/mol. The minimum Gasteiger partial charge on any atom is -0.459 e. The van der Waals surface area contributed by atoms with Gasteiger partial charge in [0.15, 0.2) is 0 Å². The number of fused-ring (bicyclic) bond motifs is 1. The number of benzene rings is 2. The van der Waals surface area contributed by atoms with Crippen molar-refractivity contribution in [2.45, 2.75) is 20.0 Å². The second-order valence-corrected chi connectivity index (χ2v) is 6.10. The van der Waals surface area contributed by atoms with Crippen molar-refractivity contribution in [2.24, 2.45) is 0 Å². The number of carbonyl (C=O) groups is 2. The van der Waals surface area contributed by atoms with Crippen LogP contribution in [0.3, 0.4) is 0 Å². The van der Waals surface area contributed by atoms with E-state index in [-0.39, 0.29) is 12.2 Å². The van der Waals surface area contributed by atoms with Crippen LogP contribution in [0.5, 0.6) is 0 Å². The highest BCUT2D eigenvalue weighted by Crippen LogP contribution is 2.19. The van der Waals surface area contributed by atoms with Crippen LogP contribution in [0.1, 0.15) is 28.4 Å². The summed E-state index contributed by atoms with van der Waals surface area (Å²) in [6, 6.07) is 12.2. The summed E-state index contributed by atoms with van der Waals surface area (Å²) in [7, 11) is 0. The van der Waals surface area contributed by atoms with E-state index in [0.29, 0.717) is 16.5 Å². The largest absolute Gasteiger partial charge is 0.459 e. The van der Waals surface area contributed by atoms with E-state index in [0.717, 1.165) is 18.1 Å². The Bertz CT molecular complexity index is 1090. The van der Waals surface area contributed by atoms with Gasteiger partial charge < -0.3 is 14.5 Å². The van der Waals surface area contributed by atoms with E-state index in [1.165, 1.54) is 24.3 Å². The highest BCUT2D eigenvalue weighted by molar-refractivity contribution is 5.96. The third kappa shape index (κ3) is 4.43. The van der Waals surface area contributed by atoms with E-state index in [1.807, 2.05) is 13.0 Å². The number of rotatable bonds is 6. The summed E-state index contributed by atoms with van der Waals surface area (Å²) in [6.07, 6.45) is 0.792. The molecule has 6 nitrogen and oxygen atoms in total. The molecule has 7 heteroatoms. The first-order valence-electron chi connectivity index (χ1n) is 8.72. The molecule has 0 saturated heterocycles. The number of aryl methyl sites for hydroxylation is 1. The van der Waals surface area contributed by atoms with E-state index in [2.05, 4.69) is 5.32 Å². The van der Waals surface area contributed by atoms with Gasteiger partial charge in [0.05, 0.1) is 5.56 Å². The number of hydrogen-bond donors (Lipinski definition) is 1. The third-order valence-electron chi connectivity index (χ3n) is 4.20. The molecule has 28 heavy (non-hydrogen) atoms. The molecule has 0 bridgehead atoms. The maximum atomic E-state index is 13.6. The van der Waals surface area contributed by atoms with Crippen molar-refractivity contribution in [3.63, 3.8) is 0 Å². The van der Waals surface area contributed by atoms with E-state index in [9.17, 15) is 18.8 Å². The summed E-state index contributed by atoms with van der Waals surface area (Å²) in [5.74, 6) is -2.11. The molecule has 1 aromatic heterocycles. The Balaban J connectivity index is 1.64. The number of carbonyl (C=O) groups excluding carboxylic acids is 2. The lowest BCUT2D eigenvalue weighted by molar-refractivity contribution is -0.143. The highest BCUT2D eigenvalue weighted by Gasteiger charge is 2.13. The van der Waals surface area contributed by atoms with Gasteiger partial charge in [0.1, 0.15) is 24.6 Å². The van der Waals surface area contributed by atoms with Crippen LogP contribution in [-0.4, -0.2) is 18.4 Å². The van der Waals surface area contributed by atoms with Crippen LogP contribution in [-0.2, 0) is 22.6 Å². The Morgan fingerprint density at radius 2 is 1.93 bits per heavy atom. The summed E-state index contributed by atoms with van der Waals surface area (Å²) in [5.41, 5.74) is 1.24. The Kier molecular flexibility index (Phi) is 5.84. The van der Waals surface area contributed by atoms with Crippen molar-refractivity contribution in [1.82, 2.24) is 5.32 Å². The van der Waals surface area contributed by atoms with Gasteiger partial charge >= 0.3 is 11.6 Å². The fourth-order valence-electron chi connectivity index (χ4n) is 2.72. The van der Waals surface area contributed by atoms with Gasteiger partial charge in [0.25, 0.3) is 5.91 Å². The van der Waals surface area contributed by atoms with Crippen LogP contribution in [0.4, 0.5) is 4.39 Å². The van der Waals surface area contributed by atoms with Crippen LogP contribution in [0.15, 0.2) is 57.7 Å². The van der Waals surface area contributed by atoms with E-state index in [1.54, 1.807) is 12.1 Å². The summed E-state index contributed by atoms with van der Waals surface area (Å²) >= 11 is 0. The molecule has 1 heterocycles. The number of amides is 1. The molecule has 1 N–H and O–H groups in total. The molecule has 1 amide bonds. The smallest absolute Gasteiger partial charge is 0.336 e. The van der Waals surface area contributed by atoms with Gasteiger partial charge in [-0.1, -0.05) is 31.2 Å². The molecule has 3 rings (SSSR count). The molecule has 0 fully saturated rings. The van der Waals surface area contributed by atoms with Gasteiger partial charge in [-0.15, -0.1) is 0 Å². The molecule has 3 aromatic rings. The molecular weight excluding hydrogens is 365 g/mol. The lowest BCUT2D eigenvalue weighted by Crippen LogP contribution is -2.31. The van der Waals surface area contributed by atoms with E-state index in [4.69, 9.17) is 9.15 Å². The lowest BCUT2D eigenvalue weighted by atomic mass is 10.1. The Morgan fingerprint density at radius 1 is 1.14 bits per heavy atom. The van der Waals surface area contributed by atoms with Crippen LogP contribution >= 0.6 is 0 Å². The molecule has 0 saturated carbocycles. The zero-order valence-electron chi connectivity index (χ0n) is 15.2. The Hall–Kier alpha value is -3.48. The average molecular weight is 383 g/mol. The molecule has 0 aliphatic heterocycles. The topological polar surface area (TPSA) is 85.6 Å². The normalized spacial score (nSPS) is 10.6. The molecule has 0 spiro atoms. The average Bonchev–Trinajstić information content (AvgIpc) is 2.69. The second kappa shape index (κ2) is 8.47. The molecule has 0 radical (unpaired) electrons. The summed E-state index contributed by atoms with van der Waals surface area (Å²) in [5, 5.41) is 2.97. The van der Waals surface area contributed by atoms with E-state index >= 15 is 0 Å². The summed E-state index contributed by atoms with van der Waals surface area (Å²) < 4.78 is 23.9. The lowest BCUT2D eigenvalue weighted by Gasteiger charge is -2.09. The van der Waals surface area contributed by atoms with Gasteiger partial charge in [0.2, 0.25) is 0 Å². The minimum absolute atomic E-state index is 0.151. The van der Waals surface area contributed by atoms with Gasteiger partial charge in [-0.05, 0) is 30.2 Å². The number of esters is 1. The maximum absolute atomic E-state index is 13.6. The highest BCUT2D eigenvalue weighted by atomic mass is 19.1. The van der Waals surface area contributed by atoms with Crippen molar-refractivity contribution in [1.29, 1.82) is 0 Å². The first kappa shape index (κ1) is 19.3. The Labute approximate surface area is 159 Å². The van der Waals surface area contributed by atoms with Gasteiger partial charge in [0, 0.05) is 17.0 Å². The molecule has 0 aliphatic rings.